The predicted octanol–water partition coefficient (Wildman–Crippen LogP) is 1.36. The van der Waals surface area contributed by atoms with Crippen LogP contribution >= 0.6 is 0 Å². The van der Waals surface area contributed by atoms with Crippen LogP contribution in [0.3, 0.4) is 0 Å². The number of carboxylic acids is 4. The smallest absolute Gasteiger partial charge is 0.326 e. The summed E-state index contributed by atoms with van der Waals surface area (Å²) in [6.07, 6.45) is -0.427. The molecule has 84 heavy (non-hydrogen) atoms. The van der Waals surface area contributed by atoms with Gasteiger partial charge in [-0.2, -0.15) is 80.4 Å². The maximum Gasteiger partial charge on any atom is 0.326 e. The summed E-state index contributed by atoms with van der Waals surface area (Å²) < 4.78 is 207. The third-order valence-corrected chi connectivity index (χ3v) is 15.7. The molecule has 2 atom stereocenters. The Balaban J connectivity index is 1.39. The van der Waals surface area contributed by atoms with Gasteiger partial charge in [0.2, 0.25) is 35.7 Å². The molecule has 2 aromatic heterocycles. The summed E-state index contributed by atoms with van der Waals surface area (Å²) in [6.45, 7) is 0. The highest BCUT2D eigenvalue weighted by Crippen LogP contribution is 2.32. The van der Waals surface area contributed by atoms with Gasteiger partial charge in [0, 0.05) is 11.4 Å². The Hall–Kier alpha value is -9.22. The number of carbonyl (C=O) groups is 4. The molecule has 16 N–H and O–H groups in total. The minimum absolute atomic E-state index is 0.370. The molecule has 6 aromatic rings. The second-order valence-electron chi connectivity index (χ2n) is 16.4. The van der Waals surface area contributed by atoms with Crippen molar-refractivity contribution in [1.82, 2.24) is 29.9 Å². The van der Waals surface area contributed by atoms with E-state index in [4.69, 9.17) is 0 Å². The van der Waals surface area contributed by atoms with E-state index in [2.05, 4.69) is 61.8 Å². The van der Waals surface area contributed by atoms with Crippen molar-refractivity contribution in [3.05, 3.63) is 83.9 Å². The Morgan fingerprint density at radius 3 is 0.952 bits per heavy atom. The van der Waals surface area contributed by atoms with E-state index in [9.17, 15) is 117 Å². The van der Waals surface area contributed by atoms with Crippen LogP contribution in [0.1, 0.15) is 24.0 Å². The minimum atomic E-state index is -5.31. The fraction of sp³-hybridized carbons (Fsp3) is 0.100. The lowest BCUT2D eigenvalue weighted by atomic mass is 10.1. The summed E-state index contributed by atoms with van der Waals surface area (Å²) >= 11 is 0. The van der Waals surface area contributed by atoms with Gasteiger partial charge in [-0.15, -0.1) is 0 Å². The van der Waals surface area contributed by atoms with Gasteiger partial charge < -0.3 is 52.3 Å². The Morgan fingerprint density at radius 2 is 0.679 bits per heavy atom. The fourth-order valence-electron chi connectivity index (χ4n) is 6.78. The molecule has 0 saturated heterocycles. The Morgan fingerprint density at radius 1 is 0.381 bits per heavy atom. The average Bonchev–Trinajstić information content (AvgIpc) is 3.43. The molecule has 0 aliphatic rings. The molecule has 0 saturated carbocycles. The third-order valence-electron chi connectivity index (χ3n) is 10.3. The van der Waals surface area contributed by atoms with Crippen molar-refractivity contribution in [3.63, 3.8) is 0 Å². The molecule has 0 aliphatic heterocycles. The second kappa shape index (κ2) is 24.3. The lowest BCUT2D eigenvalue weighted by Gasteiger charge is -2.16. The van der Waals surface area contributed by atoms with Crippen molar-refractivity contribution < 1.29 is 117 Å². The molecule has 0 fully saturated rings. The van der Waals surface area contributed by atoms with Crippen molar-refractivity contribution in [2.24, 2.45) is 0 Å². The van der Waals surface area contributed by atoms with Gasteiger partial charge in [-0.05, 0) is 71.8 Å². The molecule has 0 spiro atoms. The SMILES string of the molecule is O=C(O)C[C@H](Nc1nc(Nc2ccc(C=Cc3ccc(Nc4nc(Nc5cc(S(=O)(=O)O)ccc5S(=O)(=O)O)nc(N[C@@H](CC(=O)O)C(=O)O)n4)cc3S(=O)(=O)O)c(S(=O)(=O)O)c2)nc(Nc2cc(S(=O)(=O)O)ccc2S(=O)(=O)O)n1)C(=O)O. The maximum absolute atomic E-state index is 12.8. The second-order valence-corrected chi connectivity index (χ2v) is 24.8. The number of carboxylic acid groups (broad SMARTS) is 4. The first-order chi connectivity index (χ1) is 38.6. The van der Waals surface area contributed by atoms with Crippen molar-refractivity contribution >= 4 is 155 Å². The number of benzene rings is 4. The number of nitrogens with zero attached hydrogens (tertiary/aromatic N) is 6. The van der Waals surface area contributed by atoms with E-state index in [1.807, 2.05) is 0 Å². The lowest BCUT2D eigenvalue weighted by Crippen LogP contribution is -2.32. The quantitative estimate of drug-likeness (QED) is 0.0269. The van der Waals surface area contributed by atoms with Crippen LogP contribution in [0, 0.1) is 0 Å². The number of anilines is 10. The van der Waals surface area contributed by atoms with Crippen LogP contribution in [0.25, 0.3) is 12.2 Å². The summed E-state index contributed by atoms with van der Waals surface area (Å²) in [6, 6.07) is 4.72. The van der Waals surface area contributed by atoms with Gasteiger partial charge in [0.1, 0.15) is 31.7 Å². The van der Waals surface area contributed by atoms with Crippen LogP contribution in [0.5, 0.6) is 0 Å². The van der Waals surface area contributed by atoms with E-state index >= 15 is 0 Å². The van der Waals surface area contributed by atoms with E-state index in [0.29, 0.717) is 48.5 Å². The van der Waals surface area contributed by atoms with Crippen molar-refractivity contribution in [3.8, 4) is 0 Å². The zero-order valence-corrected chi connectivity index (χ0v) is 45.7. The summed E-state index contributed by atoms with van der Waals surface area (Å²) in [5, 5.41) is 51.5. The standard InChI is InChI=1S/C40H36N12O26S6/c53-31(54)15-25(33(57)58)45-39-49-35(47-37(51-39)43-23-13-21(79(61,62)63)7-9-27(23)81(67,68)69)41-19-5-3-17(29(11-19)83(73,74)75)1-2-18-4-6-20(12-30(18)84(76,77)78)42-36-48-38(52-40(50-36)46-26(34(59)60)16-32(55)56)44-24-14-22(80(64,65)66)8-10-28(24)82(70,71)72/h1-14,25-26H,15-16H2,(H,53,54)(H,55,56)(H,57,58)(H,59,60)(H,61,62,63)(H,64,65,66)(H,67,68,69)(H,70,71,72)(H,73,74,75)(H,76,77,78)(H3,41,43,45,47,49,51)(H3,42,44,46,48,50,52)/t25-,26-/m0/s1. The summed E-state index contributed by atoms with van der Waals surface area (Å²) in [4.78, 5) is 64.1. The molecule has 0 amide bonds. The Kier molecular flexibility index (Phi) is 18.5. The van der Waals surface area contributed by atoms with Crippen molar-refractivity contribution in [2.45, 2.75) is 54.3 Å². The monoisotopic (exact) mass is 1290 g/mol. The van der Waals surface area contributed by atoms with Crippen LogP contribution in [0.4, 0.5) is 58.4 Å². The van der Waals surface area contributed by atoms with Gasteiger partial charge in [0.05, 0.1) is 34.0 Å². The molecule has 0 aliphatic carbocycles. The number of aromatic nitrogens is 6. The average molecular weight is 1290 g/mol. The number of hydrogen-bond acceptors (Lipinski definition) is 28. The molecule has 0 unspecified atom stereocenters. The molecule has 4 aromatic carbocycles. The molecule has 0 radical (unpaired) electrons. The van der Waals surface area contributed by atoms with Gasteiger partial charge in [-0.25, -0.2) is 9.59 Å². The van der Waals surface area contributed by atoms with E-state index in [0.717, 1.165) is 36.4 Å². The maximum atomic E-state index is 12.8. The zero-order chi connectivity index (χ0) is 62.7. The molecule has 38 nitrogen and oxygen atoms in total. The van der Waals surface area contributed by atoms with E-state index in [-0.39, 0.29) is 11.4 Å². The van der Waals surface area contributed by atoms with Crippen molar-refractivity contribution in [2.75, 3.05) is 31.9 Å². The van der Waals surface area contributed by atoms with Crippen LogP contribution < -0.4 is 31.9 Å². The first kappa shape index (κ1) is 64.0. The molecule has 448 valence electrons. The normalized spacial score (nSPS) is 13.1. The first-order valence-electron chi connectivity index (χ1n) is 21.8. The van der Waals surface area contributed by atoms with Gasteiger partial charge in [0.15, 0.2) is 0 Å². The topological polar surface area (TPSA) is 625 Å². The summed E-state index contributed by atoms with van der Waals surface area (Å²) in [5.74, 6) is -11.6. The van der Waals surface area contributed by atoms with Gasteiger partial charge in [-0.1, -0.05) is 24.3 Å². The van der Waals surface area contributed by atoms with Crippen LogP contribution in [-0.2, 0) is 79.9 Å². The van der Waals surface area contributed by atoms with Crippen molar-refractivity contribution in [1.29, 1.82) is 0 Å². The molecular weight excluding hydrogens is 1260 g/mol. The molecule has 0 bridgehead atoms. The number of rotatable bonds is 26. The highest BCUT2D eigenvalue weighted by molar-refractivity contribution is 7.87. The van der Waals surface area contributed by atoms with E-state index < -0.39 is 197 Å². The first-order valence-corrected chi connectivity index (χ1v) is 30.4. The number of hydrogen-bond donors (Lipinski definition) is 16. The zero-order valence-electron chi connectivity index (χ0n) is 40.8. The fourth-order valence-corrected chi connectivity index (χ4v) is 10.5. The summed E-state index contributed by atoms with van der Waals surface area (Å²) in [7, 11) is -31.2. The van der Waals surface area contributed by atoms with E-state index in [1.54, 1.807) is 0 Å². The highest BCUT2D eigenvalue weighted by atomic mass is 32.2. The van der Waals surface area contributed by atoms with Gasteiger partial charge in [0.25, 0.3) is 60.7 Å². The largest absolute Gasteiger partial charge is 0.481 e. The number of aliphatic carboxylic acids is 4. The van der Waals surface area contributed by atoms with E-state index in [1.165, 1.54) is 0 Å². The lowest BCUT2D eigenvalue weighted by molar-refractivity contribution is -0.144. The molecule has 44 heteroatoms. The van der Waals surface area contributed by atoms with Gasteiger partial charge in [-0.3, -0.25) is 36.9 Å². The number of nitrogens with one attached hydrogen (secondary N) is 6. The molecule has 6 rings (SSSR count). The van der Waals surface area contributed by atoms with Crippen LogP contribution in [-0.4, -0.2) is 164 Å². The summed E-state index contributed by atoms with van der Waals surface area (Å²) in [5.41, 5.74) is -3.29. The highest BCUT2D eigenvalue weighted by Gasteiger charge is 2.28. The predicted molar refractivity (Wildman–Crippen MR) is 281 cm³/mol. The van der Waals surface area contributed by atoms with Gasteiger partial charge >= 0.3 is 23.9 Å². The van der Waals surface area contributed by atoms with Crippen LogP contribution in [0.2, 0.25) is 0 Å². The Labute approximate surface area is 470 Å². The Bertz CT molecular complexity index is 4160. The molecular formula is C40H36N12O26S6. The molecule has 2 heterocycles. The minimum Gasteiger partial charge on any atom is -0.481 e. The van der Waals surface area contributed by atoms with Crippen LogP contribution in [0.15, 0.2) is 102 Å². The third kappa shape index (κ3) is 17.2.